The summed E-state index contributed by atoms with van der Waals surface area (Å²) in [6.07, 6.45) is 0. The molecule has 0 N–H and O–H groups in total. The molecule has 0 fully saturated rings. The topological polar surface area (TPSA) is 28.5 Å². The van der Waals surface area contributed by atoms with E-state index in [1.54, 1.807) is 0 Å². The van der Waals surface area contributed by atoms with E-state index < -0.39 is 45.5 Å². The first kappa shape index (κ1) is 50.5. The number of rotatable bonds is 11. The molecule has 0 saturated carbocycles. The molecule has 0 unspecified atom stereocenters. The van der Waals surface area contributed by atoms with Gasteiger partial charge in [0.25, 0.3) is 0 Å². The third-order valence-electron chi connectivity index (χ3n) is 10.6. The third kappa shape index (κ3) is 9.24. The Bertz CT molecular complexity index is 2380. The van der Waals surface area contributed by atoms with Gasteiger partial charge in [-0.25, -0.2) is 4.39 Å². The average Bonchev–Trinajstić information content (AvgIpc) is 3.22. The van der Waals surface area contributed by atoms with Crippen molar-refractivity contribution >= 4 is 38.0 Å². The predicted octanol–water partition coefficient (Wildman–Crippen LogP) is 15.2. The highest BCUT2D eigenvalue weighted by atomic mass is 33.6. The molecule has 6 aromatic rings. The first-order chi connectivity index (χ1) is 28.4. The van der Waals surface area contributed by atoms with Gasteiger partial charge in [0.1, 0.15) is 12.0 Å². The van der Waals surface area contributed by atoms with Crippen LogP contribution in [-0.2, 0) is 50.7 Å². The van der Waals surface area contributed by atoms with Gasteiger partial charge >= 0.3 is 17.8 Å². The van der Waals surface area contributed by atoms with Crippen molar-refractivity contribution in [1.29, 1.82) is 0 Å². The van der Waals surface area contributed by atoms with Crippen molar-refractivity contribution in [2.24, 2.45) is 0 Å². The first-order valence-corrected chi connectivity index (χ1v) is 24.8. The molecule has 332 valence electrons. The second-order valence-corrected chi connectivity index (χ2v) is 27.5. The van der Waals surface area contributed by atoms with Gasteiger partial charge in [-0.15, -0.1) is 3.89 Å². The molecule has 0 saturated heterocycles. The largest absolute Gasteiger partial charge is 2.00 e. The van der Waals surface area contributed by atoms with Crippen LogP contribution in [0.15, 0.2) is 185 Å². The van der Waals surface area contributed by atoms with Crippen molar-refractivity contribution < 1.29 is 40.1 Å². The van der Waals surface area contributed by atoms with Crippen molar-refractivity contribution in [3.05, 3.63) is 198 Å². The molecule has 62 heavy (non-hydrogen) atoms. The van der Waals surface area contributed by atoms with E-state index in [9.17, 15) is 13.2 Å². The Labute approximate surface area is 370 Å². The zero-order valence-corrected chi connectivity index (χ0v) is 38.2. The van der Waals surface area contributed by atoms with Crippen LogP contribution < -0.4 is 0 Å². The summed E-state index contributed by atoms with van der Waals surface area (Å²) in [5, 5.41) is 0. The van der Waals surface area contributed by atoms with Gasteiger partial charge in [0.15, 0.2) is 6.67 Å². The molecule has 0 heterocycles. The van der Waals surface area contributed by atoms with Crippen molar-refractivity contribution in [1.82, 2.24) is 0 Å². The monoisotopic (exact) mass is 932 g/mol. The Balaban J connectivity index is 0.000000275. The molecule has 0 aromatic heterocycles. The summed E-state index contributed by atoms with van der Waals surface area (Å²) in [6.45, 7) is 5.94. The summed E-state index contributed by atoms with van der Waals surface area (Å²) in [7, 11) is -2.36. The fourth-order valence-electron chi connectivity index (χ4n) is 7.31. The SMILES string of the molecule is CC(C)(C)c1ccc(C(c2ccccc2)(c2ccccc2)C(F)(F)C(F)(F)C(F)(F)CF)cc1.CC(C)(C)c1ccc(S(c2ccccc2)(c2ccccc2)S(F)(=S)=S)cc1.[O-2]. The third-order valence-corrected chi connectivity index (χ3v) is 21.2. The van der Waals surface area contributed by atoms with Crippen LogP contribution in [0, 0.1) is 0 Å². The highest BCUT2D eigenvalue weighted by molar-refractivity contribution is 9.08. The fourth-order valence-corrected chi connectivity index (χ4v) is 17.7. The Morgan fingerprint density at radius 2 is 0.677 bits per heavy atom. The lowest BCUT2D eigenvalue weighted by Gasteiger charge is -2.46. The van der Waals surface area contributed by atoms with Crippen LogP contribution in [0.2, 0.25) is 0 Å². The summed E-state index contributed by atoms with van der Waals surface area (Å²) in [6, 6.07) is 46.3. The van der Waals surface area contributed by atoms with E-state index in [4.69, 9.17) is 22.4 Å². The van der Waals surface area contributed by atoms with Crippen molar-refractivity contribution in [3.8, 4) is 0 Å². The molecule has 0 aliphatic carbocycles. The van der Waals surface area contributed by atoms with Gasteiger partial charge in [0, 0.05) is 14.7 Å². The van der Waals surface area contributed by atoms with Gasteiger partial charge in [-0.1, -0.05) is 184 Å². The van der Waals surface area contributed by atoms with Gasteiger partial charge in [-0.2, -0.15) is 26.3 Å². The molecule has 0 aliphatic rings. The summed E-state index contributed by atoms with van der Waals surface area (Å²) >= 11 is 10.9. The van der Waals surface area contributed by atoms with Crippen LogP contribution >= 0.6 is 9.06 Å². The Morgan fingerprint density at radius 3 is 0.984 bits per heavy atom. The summed E-state index contributed by atoms with van der Waals surface area (Å²) in [4.78, 5) is 2.64. The van der Waals surface area contributed by atoms with E-state index in [2.05, 4.69) is 32.9 Å². The molecule has 0 radical (unpaired) electrons. The van der Waals surface area contributed by atoms with Crippen LogP contribution in [0.25, 0.3) is 0 Å². The number of alkyl halides is 7. The van der Waals surface area contributed by atoms with Crippen molar-refractivity contribution in [3.63, 3.8) is 0 Å². The zero-order valence-electron chi connectivity index (χ0n) is 34.9. The quantitative estimate of drug-likeness (QED) is 0.0560. The van der Waals surface area contributed by atoms with E-state index >= 15 is 21.4 Å². The maximum atomic E-state index is 16.2. The molecule has 0 bridgehead atoms. The first-order valence-electron chi connectivity index (χ1n) is 19.3. The predicted molar refractivity (Wildman–Crippen MR) is 243 cm³/mol. The Morgan fingerprint density at radius 1 is 0.403 bits per heavy atom. The van der Waals surface area contributed by atoms with Crippen LogP contribution in [0.4, 0.5) is 34.6 Å². The van der Waals surface area contributed by atoms with E-state index in [1.807, 2.05) is 93.6 Å². The molecule has 13 heteroatoms. The summed E-state index contributed by atoms with van der Waals surface area (Å²) < 4.78 is 120. The number of benzene rings is 6. The average molecular weight is 933 g/mol. The van der Waals surface area contributed by atoms with Gasteiger partial charge < -0.3 is 5.48 Å². The minimum Gasteiger partial charge on any atom is -2.00 e. The van der Waals surface area contributed by atoms with E-state index in [0.29, 0.717) is 0 Å². The molecule has 0 atom stereocenters. The normalized spacial score (nSPS) is 13.3. The molecule has 6 aromatic carbocycles. The zero-order chi connectivity index (χ0) is 45.1. The molecule has 1 nitrogen and oxygen atoms in total. The lowest BCUT2D eigenvalue weighted by atomic mass is 9.62. The Kier molecular flexibility index (Phi) is 15.4. The number of halogens is 8. The van der Waals surface area contributed by atoms with Crippen LogP contribution in [0.5, 0.6) is 0 Å². The molecular weight excluding hydrogens is 885 g/mol. The standard InChI is InChI=1S/C27H25F7.C22H23FS4.O/c1-23(2,3)19-14-16-22(17-15-19)25(20-10-6-4-7-11-20,21-12-8-5-9-13-21)27(33,34)26(31,32)24(29,30)18-28;1-22(2,3)18-14-16-21(17-15-18)26(27(23,24)25,19-10-6-4-7-11-19)20-12-8-5-9-13-20;/h4-17H,18H2,1-3H3;4-17H,1-3H3;/q;;-2. The lowest BCUT2D eigenvalue weighted by molar-refractivity contribution is -0.324. The van der Waals surface area contributed by atoms with Crippen LogP contribution in [0.1, 0.15) is 69.4 Å². The molecule has 0 aliphatic heterocycles. The maximum absolute atomic E-state index is 16.2. The van der Waals surface area contributed by atoms with E-state index in [1.165, 1.54) is 90.5 Å². The van der Waals surface area contributed by atoms with E-state index in [0.717, 1.165) is 20.2 Å². The molecule has 0 spiro atoms. The van der Waals surface area contributed by atoms with E-state index in [-0.39, 0.29) is 33.0 Å². The minimum absolute atomic E-state index is 0. The van der Waals surface area contributed by atoms with Crippen LogP contribution in [-0.4, -0.2) is 24.4 Å². The second kappa shape index (κ2) is 18.9. The fraction of sp³-hybridized carbons (Fsp3) is 0.265. The number of hydrogen-bond acceptors (Lipinski definition) is 2. The molecule has 0 amide bonds. The maximum Gasteiger partial charge on any atom is 0.376 e. The highest BCUT2D eigenvalue weighted by Gasteiger charge is 2.79. The van der Waals surface area contributed by atoms with Crippen molar-refractivity contribution in [2.45, 2.75) is 90.2 Å². The molecular formula is C49H48F8OS4-2. The van der Waals surface area contributed by atoms with Gasteiger partial charge in [0.05, 0.1) is 0 Å². The highest BCUT2D eigenvalue weighted by Crippen LogP contribution is 2.73. The Hall–Kier alpha value is -4.14. The van der Waals surface area contributed by atoms with Crippen molar-refractivity contribution in [2.75, 3.05) is 6.67 Å². The summed E-state index contributed by atoms with van der Waals surface area (Å²) in [5.74, 6) is -17.1. The van der Waals surface area contributed by atoms with Gasteiger partial charge in [-0.05, 0) is 97.4 Å². The van der Waals surface area contributed by atoms with Gasteiger partial charge in [0.2, 0.25) is 0 Å². The minimum atomic E-state index is -6.02. The van der Waals surface area contributed by atoms with Crippen LogP contribution in [0.3, 0.4) is 0 Å². The summed E-state index contributed by atoms with van der Waals surface area (Å²) in [5.41, 5.74) is -2.45. The number of hydrogen-bond donors (Lipinski definition) is 0. The second-order valence-electron chi connectivity index (χ2n) is 16.6. The van der Waals surface area contributed by atoms with Gasteiger partial charge in [-0.3, -0.25) is 0 Å². The lowest BCUT2D eigenvalue weighted by Crippen LogP contribution is -2.65. The molecule has 6 rings (SSSR count). The smallest absolute Gasteiger partial charge is 0.376 e.